The highest BCUT2D eigenvalue weighted by molar-refractivity contribution is 7.91. The summed E-state index contributed by atoms with van der Waals surface area (Å²) in [4.78, 5) is 25.6. The summed E-state index contributed by atoms with van der Waals surface area (Å²) >= 11 is 0. The van der Waals surface area contributed by atoms with Gasteiger partial charge in [-0.1, -0.05) is 0 Å². The molecule has 29 heavy (non-hydrogen) atoms. The van der Waals surface area contributed by atoms with Crippen molar-refractivity contribution >= 4 is 21.8 Å². The van der Waals surface area contributed by atoms with Gasteiger partial charge in [0.05, 0.1) is 37.8 Å². The summed E-state index contributed by atoms with van der Waals surface area (Å²) in [6.45, 7) is 1.97. The lowest BCUT2D eigenvalue weighted by Crippen LogP contribution is -2.56. The number of β-amino-alcohol motifs (C(OH)–C–C–N with tert-alkyl or cyclic N) is 1. The monoisotopic (exact) mass is 429 g/mol. The van der Waals surface area contributed by atoms with Crippen molar-refractivity contribution in [3.8, 4) is 5.75 Å². The van der Waals surface area contributed by atoms with Gasteiger partial charge in [-0.2, -0.15) is 0 Å². The lowest BCUT2D eigenvalue weighted by Gasteiger charge is -2.31. The van der Waals surface area contributed by atoms with E-state index in [9.17, 15) is 28.2 Å². The minimum atomic E-state index is -3.79. The van der Waals surface area contributed by atoms with E-state index in [0.29, 0.717) is 12.2 Å². The van der Waals surface area contributed by atoms with Gasteiger partial charge >= 0.3 is 12.0 Å². The van der Waals surface area contributed by atoms with Crippen molar-refractivity contribution in [2.75, 3.05) is 40.0 Å². The van der Waals surface area contributed by atoms with Crippen LogP contribution in [-0.4, -0.2) is 85.8 Å². The van der Waals surface area contributed by atoms with Gasteiger partial charge in [-0.15, -0.1) is 0 Å². The van der Waals surface area contributed by atoms with Crippen LogP contribution in [0.4, 0.5) is 4.79 Å². The minimum absolute atomic E-state index is 0.0365. The van der Waals surface area contributed by atoms with Gasteiger partial charge in [0, 0.05) is 13.5 Å². The number of amides is 2. The van der Waals surface area contributed by atoms with Crippen LogP contribution in [0, 0.1) is 5.92 Å². The average Bonchev–Trinajstić information content (AvgIpc) is 2.79. The standard InChI is InChI=1S/C19H28N2O7S/c1-19(25)13-20(18(24)21(19,2)3)11-5-6-14(17(22)23)12-29(26,27)16-9-7-15(28-4)8-10-16/h7-10,14,25H,5-6,11-13H2,1-4H3/p+1. The smallest absolute Gasteiger partial charge is 0.421 e. The van der Waals surface area contributed by atoms with Crippen molar-refractivity contribution in [1.29, 1.82) is 0 Å². The molecule has 0 aromatic heterocycles. The molecule has 1 saturated heterocycles. The second kappa shape index (κ2) is 8.29. The Balaban J connectivity index is 2.00. The summed E-state index contributed by atoms with van der Waals surface area (Å²) in [5.41, 5.74) is -1.24. The topological polar surface area (TPSA) is 121 Å². The number of aliphatic carboxylic acids is 1. The van der Waals surface area contributed by atoms with Crippen LogP contribution in [0.2, 0.25) is 0 Å². The number of sulfone groups is 1. The third-order valence-corrected chi connectivity index (χ3v) is 7.44. The number of nitrogens with zero attached hydrogens (tertiary/aromatic N) is 2. The molecule has 1 aliphatic rings. The fourth-order valence-electron chi connectivity index (χ4n) is 3.29. The van der Waals surface area contributed by atoms with Crippen molar-refractivity contribution in [3.05, 3.63) is 24.3 Å². The molecular formula is C19H29N2O7S+. The average molecular weight is 430 g/mol. The zero-order chi connectivity index (χ0) is 22.0. The number of rotatable bonds is 9. The first kappa shape index (κ1) is 23.1. The zero-order valence-corrected chi connectivity index (χ0v) is 18.0. The van der Waals surface area contributed by atoms with Crippen LogP contribution in [0.15, 0.2) is 29.2 Å². The van der Waals surface area contributed by atoms with E-state index in [1.54, 1.807) is 21.0 Å². The lowest BCUT2D eigenvalue weighted by atomic mass is 10.1. The highest BCUT2D eigenvalue weighted by atomic mass is 32.2. The van der Waals surface area contributed by atoms with Crippen LogP contribution >= 0.6 is 0 Å². The van der Waals surface area contributed by atoms with Crippen LogP contribution in [0.25, 0.3) is 0 Å². The molecule has 0 bridgehead atoms. The molecular weight excluding hydrogens is 400 g/mol. The number of benzene rings is 1. The molecule has 0 aliphatic carbocycles. The maximum Gasteiger partial charge on any atom is 0.421 e. The van der Waals surface area contributed by atoms with E-state index in [1.807, 2.05) is 0 Å². The van der Waals surface area contributed by atoms with Gasteiger partial charge in [0.25, 0.3) is 0 Å². The third-order valence-electron chi connectivity index (χ3n) is 5.61. The van der Waals surface area contributed by atoms with E-state index in [1.165, 1.54) is 36.3 Å². The van der Waals surface area contributed by atoms with Crippen molar-refractivity contribution < 1.29 is 37.4 Å². The van der Waals surface area contributed by atoms with Crippen LogP contribution in [-0.2, 0) is 14.6 Å². The second-order valence-corrected chi connectivity index (χ2v) is 10.0. The normalized spacial score (nSPS) is 22.5. The maximum absolute atomic E-state index is 12.6. The molecule has 2 rings (SSSR count). The Hall–Kier alpha value is -2.17. The quantitative estimate of drug-likeness (QED) is 0.565. The molecule has 1 aromatic carbocycles. The van der Waals surface area contributed by atoms with E-state index in [0.717, 1.165) is 0 Å². The maximum atomic E-state index is 12.6. The van der Waals surface area contributed by atoms with Crippen molar-refractivity contribution in [2.45, 2.75) is 30.4 Å². The molecule has 2 unspecified atom stereocenters. The molecule has 9 nitrogen and oxygen atoms in total. The number of likely N-dealkylation sites (N-methyl/N-ethyl adjacent to an activating group) is 1. The van der Waals surface area contributed by atoms with Crippen molar-refractivity contribution in [1.82, 2.24) is 4.90 Å². The highest BCUT2D eigenvalue weighted by Crippen LogP contribution is 2.29. The Labute approximate surface area is 171 Å². The largest absolute Gasteiger partial charge is 0.497 e. The molecule has 162 valence electrons. The Bertz CT molecular complexity index is 863. The number of hydrogen-bond acceptors (Lipinski definition) is 6. The summed E-state index contributed by atoms with van der Waals surface area (Å²) in [5, 5.41) is 19.9. The van der Waals surface area contributed by atoms with E-state index in [2.05, 4.69) is 0 Å². The number of urea groups is 1. The molecule has 1 aliphatic heterocycles. The minimum Gasteiger partial charge on any atom is -0.497 e. The predicted molar refractivity (Wildman–Crippen MR) is 105 cm³/mol. The first-order valence-corrected chi connectivity index (χ1v) is 10.9. The number of carboxylic acid groups (broad SMARTS) is 1. The summed E-state index contributed by atoms with van der Waals surface area (Å²) in [6.07, 6.45) is 0.418. The number of methoxy groups -OCH3 is 1. The van der Waals surface area contributed by atoms with Gasteiger partial charge in [0.2, 0.25) is 5.72 Å². The molecule has 1 fully saturated rings. The number of carbonyl (C=O) groups excluding carboxylic acids is 1. The Morgan fingerprint density at radius 2 is 1.90 bits per heavy atom. The fraction of sp³-hybridized carbons (Fsp3) is 0.579. The summed E-state index contributed by atoms with van der Waals surface area (Å²) < 4.78 is 30.0. The molecule has 0 radical (unpaired) electrons. The third kappa shape index (κ3) is 4.88. The van der Waals surface area contributed by atoms with E-state index in [4.69, 9.17) is 4.74 Å². The van der Waals surface area contributed by atoms with Gasteiger partial charge in [-0.3, -0.25) is 9.69 Å². The first-order chi connectivity index (χ1) is 13.3. The summed E-state index contributed by atoms with van der Waals surface area (Å²) in [5.74, 6) is -2.31. The molecule has 10 heteroatoms. The fourth-order valence-corrected chi connectivity index (χ4v) is 4.87. The molecule has 0 saturated carbocycles. The molecule has 1 aromatic rings. The van der Waals surface area contributed by atoms with Crippen molar-refractivity contribution in [3.63, 3.8) is 0 Å². The molecule has 0 spiro atoms. The first-order valence-electron chi connectivity index (χ1n) is 9.27. The second-order valence-electron chi connectivity index (χ2n) is 8.01. The molecule has 2 amide bonds. The predicted octanol–water partition coefficient (Wildman–Crippen LogP) is 1.17. The van der Waals surface area contributed by atoms with Gasteiger partial charge in [0.15, 0.2) is 9.84 Å². The number of aliphatic hydroxyl groups is 1. The highest BCUT2D eigenvalue weighted by Gasteiger charge is 2.55. The molecule has 2 atom stereocenters. The SMILES string of the molecule is COc1ccc(S(=O)(=O)CC(CCCN2CC(C)(O)[N+](C)(C)C2=O)C(=O)O)cc1. The zero-order valence-electron chi connectivity index (χ0n) is 17.2. The van der Waals surface area contributed by atoms with E-state index >= 15 is 0 Å². The van der Waals surface area contributed by atoms with Crippen LogP contribution < -0.4 is 4.74 Å². The van der Waals surface area contributed by atoms with E-state index < -0.39 is 33.2 Å². The Kier molecular flexibility index (Phi) is 6.61. The van der Waals surface area contributed by atoms with Crippen LogP contribution in [0.5, 0.6) is 5.75 Å². The van der Waals surface area contributed by atoms with Crippen LogP contribution in [0.3, 0.4) is 0 Å². The van der Waals surface area contributed by atoms with Crippen LogP contribution in [0.1, 0.15) is 19.8 Å². The van der Waals surface area contributed by atoms with Crippen molar-refractivity contribution in [2.24, 2.45) is 5.92 Å². The van der Waals surface area contributed by atoms with Gasteiger partial charge in [-0.05, 0) is 37.1 Å². The number of ether oxygens (including phenoxy) is 1. The van der Waals surface area contributed by atoms with Gasteiger partial charge in [0.1, 0.15) is 12.3 Å². The summed E-state index contributed by atoms with van der Waals surface area (Å²) in [6, 6.07) is 5.53. The number of carboxylic acids is 1. The summed E-state index contributed by atoms with van der Waals surface area (Å²) in [7, 11) is 0.910. The van der Waals surface area contributed by atoms with Gasteiger partial charge < -0.3 is 14.9 Å². The Morgan fingerprint density at radius 3 is 2.34 bits per heavy atom. The number of quaternary nitrogens is 1. The lowest BCUT2D eigenvalue weighted by molar-refractivity contribution is -0.881. The molecule has 1 heterocycles. The number of hydrogen-bond donors (Lipinski definition) is 2. The Morgan fingerprint density at radius 1 is 1.31 bits per heavy atom. The van der Waals surface area contributed by atoms with Gasteiger partial charge in [-0.25, -0.2) is 17.7 Å². The molecule has 2 N–H and O–H groups in total. The van der Waals surface area contributed by atoms with E-state index in [-0.39, 0.29) is 34.9 Å². The number of carbonyl (C=O) groups is 2.